The Morgan fingerprint density at radius 1 is 1.43 bits per heavy atom. The SMILES string of the molecule is CCOC(=O)CCn1c2c(c3ccccc31)CC(N)CC2. The predicted octanol–water partition coefficient (Wildman–Crippen LogP) is 2.41. The van der Waals surface area contributed by atoms with Crippen molar-refractivity contribution in [2.75, 3.05) is 6.61 Å². The maximum absolute atomic E-state index is 11.6. The van der Waals surface area contributed by atoms with Crippen molar-refractivity contribution in [3.8, 4) is 0 Å². The standard InChI is InChI=1S/C17H22N2O2/c1-2-21-17(20)9-10-19-15-6-4-3-5-13(15)14-11-12(18)7-8-16(14)19/h3-6,12H,2,7-11,18H2,1H3. The molecule has 0 saturated carbocycles. The van der Waals surface area contributed by atoms with E-state index in [2.05, 4.69) is 28.8 Å². The van der Waals surface area contributed by atoms with Crippen LogP contribution >= 0.6 is 0 Å². The van der Waals surface area contributed by atoms with Crippen LogP contribution < -0.4 is 5.73 Å². The summed E-state index contributed by atoms with van der Waals surface area (Å²) < 4.78 is 7.33. The van der Waals surface area contributed by atoms with Gasteiger partial charge in [-0.3, -0.25) is 4.79 Å². The zero-order valence-electron chi connectivity index (χ0n) is 12.5. The van der Waals surface area contributed by atoms with Gasteiger partial charge in [0.15, 0.2) is 0 Å². The highest BCUT2D eigenvalue weighted by molar-refractivity contribution is 5.86. The molecular weight excluding hydrogens is 264 g/mol. The molecule has 0 aliphatic heterocycles. The fraction of sp³-hybridized carbons (Fsp3) is 0.471. The molecule has 2 N–H and O–H groups in total. The first-order valence-electron chi connectivity index (χ1n) is 7.71. The van der Waals surface area contributed by atoms with Crippen LogP contribution in [0.3, 0.4) is 0 Å². The average Bonchev–Trinajstić information content (AvgIpc) is 2.79. The molecule has 2 aromatic rings. The highest BCUT2D eigenvalue weighted by atomic mass is 16.5. The lowest BCUT2D eigenvalue weighted by atomic mass is 9.92. The maximum Gasteiger partial charge on any atom is 0.307 e. The van der Waals surface area contributed by atoms with Gasteiger partial charge in [0.1, 0.15) is 0 Å². The highest BCUT2D eigenvalue weighted by Crippen LogP contribution is 2.32. The number of carbonyl (C=O) groups is 1. The van der Waals surface area contributed by atoms with Crippen molar-refractivity contribution in [3.63, 3.8) is 0 Å². The predicted molar refractivity (Wildman–Crippen MR) is 83.2 cm³/mol. The molecule has 0 fully saturated rings. The molecule has 112 valence electrons. The third-order valence-corrected chi connectivity index (χ3v) is 4.26. The number of ether oxygens (including phenoxy) is 1. The van der Waals surface area contributed by atoms with Crippen molar-refractivity contribution in [2.24, 2.45) is 5.73 Å². The van der Waals surface area contributed by atoms with E-state index in [0.717, 1.165) is 19.3 Å². The first-order valence-corrected chi connectivity index (χ1v) is 7.71. The quantitative estimate of drug-likeness (QED) is 0.878. The van der Waals surface area contributed by atoms with Gasteiger partial charge in [0, 0.05) is 29.2 Å². The van der Waals surface area contributed by atoms with Crippen molar-refractivity contribution in [1.29, 1.82) is 0 Å². The third-order valence-electron chi connectivity index (χ3n) is 4.26. The Labute approximate surface area is 124 Å². The summed E-state index contributed by atoms with van der Waals surface area (Å²) in [7, 11) is 0. The second-order valence-electron chi connectivity index (χ2n) is 5.65. The minimum Gasteiger partial charge on any atom is -0.466 e. The van der Waals surface area contributed by atoms with Gasteiger partial charge in [0.2, 0.25) is 0 Å². The van der Waals surface area contributed by atoms with Gasteiger partial charge in [-0.1, -0.05) is 18.2 Å². The number of carbonyl (C=O) groups excluding carboxylic acids is 1. The van der Waals surface area contributed by atoms with E-state index in [-0.39, 0.29) is 12.0 Å². The summed E-state index contributed by atoms with van der Waals surface area (Å²) in [5, 5.41) is 1.28. The fourth-order valence-corrected chi connectivity index (χ4v) is 3.32. The molecule has 4 heteroatoms. The minimum atomic E-state index is -0.128. The van der Waals surface area contributed by atoms with Crippen LogP contribution in [0, 0.1) is 0 Å². The van der Waals surface area contributed by atoms with Crippen LogP contribution in [-0.2, 0) is 28.9 Å². The van der Waals surface area contributed by atoms with Crippen LogP contribution in [-0.4, -0.2) is 23.2 Å². The lowest BCUT2D eigenvalue weighted by molar-refractivity contribution is -0.143. The summed E-state index contributed by atoms with van der Waals surface area (Å²) in [6.07, 6.45) is 3.37. The highest BCUT2D eigenvalue weighted by Gasteiger charge is 2.23. The van der Waals surface area contributed by atoms with E-state index in [1.807, 2.05) is 6.92 Å². The molecule has 0 amide bonds. The lowest BCUT2D eigenvalue weighted by Gasteiger charge is -2.20. The van der Waals surface area contributed by atoms with Gasteiger partial charge in [-0.2, -0.15) is 0 Å². The number of nitrogens with two attached hydrogens (primary N) is 1. The van der Waals surface area contributed by atoms with Crippen LogP contribution in [0.2, 0.25) is 0 Å². The van der Waals surface area contributed by atoms with Crippen LogP contribution in [0.1, 0.15) is 31.0 Å². The first kappa shape index (κ1) is 14.1. The van der Waals surface area contributed by atoms with Gasteiger partial charge < -0.3 is 15.0 Å². The number of nitrogens with zero attached hydrogens (tertiary/aromatic N) is 1. The monoisotopic (exact) mass is 286 g/mol. The van der Waals surface area contributed by atoms with Gasteiger partial charge in [-0.15, -0.1) is 0 Å². The maximum atomic E-state index is 11.6. The van der Waals surface area contributed by atoms with Gasteiger partial charge in [-0.25, -0.2) is 0 Å². The number of aromatic nitrogens is 1. The largest absolute Gasteiger partial charge is 0.466 e. The van der Waals surface area contributed by atoms with Crippen molar-refractivity contribution >= 4 is 16.9 Å². The third kappa shape index (κ3) is 2.68. The van der Waals surface area contributed by atoms with E-state index >= 15 is 0 Å². The number of esters is 1. The molecule has 0 spiro atoms. The summed E-state index contributed by atoms with van der Waals surface area (Å²) in [6.45, 7) is 2.97. The molecule has 1 heterocycles. The number of rotatable bonds is 4. The second-order valence-corrected chi connectivity index (χ2v) is 5.65. The zero-order valence-corrected chi connectivity index (χ0v) is 12.5. The summed E-state index contributed by atoms with van der Waals surface area (Å²) in [4.78, 5) is 11.6. The molecule has 0 saturated heterocycles. The van der Waals surface area contributed by atoms with E-state index in [9.17, 15) is 4.79 Å². The van der Waals surface area contributed by atoms with Crippen LogP contribution in [0.25, 0.3) is 10.9 Å². The molecule has 3 rings (SSSR count). The molecule has 1 unspecified atom stereocenters. The Morgan fingerprint density at radius 2 is 2.24 bits per heavy atom. The van der Waals surface area contributed by atoms with E-state index in [0.29, 0.717) is 19.6 Å². The molecule has 0 radical (unpaired) electrons. The van der Waals surface area contributed by atoms with E-state index in [1.54, 1.807) is 0 Å². The number of fused-ring (bicyclic) bond motifs is 3. The second kappa shape index (κ2) is 5.90. The molecule has 1 aliphatic carbocycles. The molecule has 1 aromatic carbocycles. The molecule has 21 heavy (non-hydrogen) atoms. The topological polar surface area (TPSA) is 57.2 Å². The van der Waals surface area contributed by atoms with Crippen molar-refractivity contribution in [3.05, 3.63) is 35.5 Å². The van der Waals surface area contributed by atoms with E-state index in [1.165, 1.54) is 22.2 Å². The summed E-state index contributed by atoms with van der Waals surface area (Å²) in [6, 6.07) is 8.66. The smallest absolute Gasteiger partial charge is 0.307 e. The number of hydrogen-bond acceptors (Lipinski definition) is 3. The molecule has 1 atom stereocenters. The Balaban J connectivity index is 1.96. The van der Waals surface area contributed by atoms with Crippen molar-refractivity contribution in [1.82, 2.24) is 4.57 Å². The number of benzene rings is 1. The molecule has 1 aliphatic rings. The first-order chi connectivity index (χ1) is 10.2. The van der Waals surface area contributed by atoms with Crippen LogP contribution in [0.4, 0.5) is 0 Å². The number of para-hydroxylation sites is 1. The van der Waals surface area contributed by atoms with Gasteiger partial charge in [0.05, 0.1) is 13.0 Å². The summed E-state index contributed by atoms with van der Waals surface area (Å²) >= 11 is 0. The summed E-state index contributed by atoms with van der Waals surface area (Å²) in [5.41, 5.74) is 10.1. The fourth-order valence-electron chi connectivity index (χ4n) is 3.32. The normalized spacial score (nSPS) is 17.7. The van der Waals surface area contributed by atoms with E-state index in [4.69, 9.17) is 10.5 Å². The van der Waals surface area contributed by atoms with E-state index < -0.39 is 0 Å². The van der Waals surface area contributed by atoms with Crippen LogP contribution in [0.15, 0.2) is 24.3 Å². The molecule has 0 bridgehead atoms. The van der Waals surface area contributed by atoms with Gasteiger partial charge in [0.25, 0.3) is 0 Å². The van der Waals surface area contributed by atoms with Gasteiger partial charge >= 0.3 is 5.97 Å². The number of hydrogen-bond donors (Lipinski definition) is 1. The van der Waals surface area contributed by atoms with Crippen molar-refractivity contribution < 1.29 is 9.53 Å². The zero-order chi connectivity index (χ0) is 14.8. The Morgan fingerprint density at radius 3 is 3.05 bits per heavy atom. The number of aryl methyl sites for hydroxylation is 1. The average molecular weight is 286 g/mol. The minimum absolute atomic E-state index is 0.128. The molecular formula is C17H22N2O2. The Kier molecular flexibility index (Phi) is 3.97. The Bertz CT molecular complexity index is 660. The molecule has 1 aromatic heterocycles. The van der Waals surface area contributed by atoms with Crippen LogP contribution in [0.5, 0.6) is 0 Å². The molecule has 4 nitrogen and oxygen atoms in total. The van der Waals surface area contributed by atoms with Gasteiger partial charge in [-0.05, 0) is 37.8 Å². The lowest BCUT2D eigenvalue weighted by Crippen LogP contribution is -2.28. The van der Waals surface area contributed by atoms with Crippen molar-refractivity contribution in [2.45, 2.75) is 45.2 Å². The Hall–Kier alpha value is -1.81. The summed E-state index contributed by atoms with van der Waals surface area (Å²) in [5.74, 6) is -0.128.